The third-order valence-corrected chi connectivity index (χ3v) is 4.29. The summed E-state index contributed by atoms with van der Waals surface area (Å²) in [7, 11) is 0. The summed E-state index contributed by atoms with van der Waals surface area (Å²) in [6.07, 6.45) is 1.16. The van der Waals surface area contributed by atoms with Crippen LogP contribution in [0, 0.1) is 0 Å². The van der Waals surface area contributed by atoms with Crippen molar-refractivity contribution in [3.8, 4) is 0 Å². The van der Waals surface area contributed by atoms with E-state index in [1.54, 1.807) is 0 Å². The van der Waals surface area contributed by atoms with E-state index in [4.69, 9.17) is 10.5 Å². The second kappa shape index (κ2) is 6.58. The Morgan fingerprint density at radius 2 is 1.67 bits per heavy atom. The Morgan fingerprint density at radius 1 is 1.14 bits per heavy atom. The van der Waals surface area contributed by atoms with Gasteiger partial charge in [-0.3, -0.25) is 4.79 Å². The molecule has 0 saturated carbocycles. The summed E-state index contributed by atoms with van der Waals surface area (Å²) in [4.78, 5) is 12.4. The standard InChI is InChI=1S/C17H26N2O2/c1-12(2)14-4-6-15(7-5-14)13(3)19-16(20)17(18)8-10-21-11-9-17/h4-7,12-13H,8-11,18H2,1-3H3,(H,19,20). The van der Waals surface area contributed by atoms with Crippen molar-refractivity contribution in [1.29, 1.82) is 0 Å². The van der Waals surface area contributed by atoms with Gasteiger partial charge in [0.15, 0.2) is 0 Å². The maximum absolute atomic E-state index is 12.4. The number of carbonyl (C=O) groups excluding carboxylic acids is 1. The number of nitrogens with two attached hydrogens (primary N) is 1. The molecule has 0 bridgehead atoms. The molecule has 1 aromatic rings. The lowest BCUT2D eigenvalue weighted by Crippen LogP contribution is -2.57. The minimum absolute atomic E-state index is 0.0398. The predicted octanol–water partition coefficient (Wildman–Crippen LogP) is 2.50. The molecular weight excluding hydrogens is 264 g/mol. The molecule has 21 heavy (non-hydrogen) atoms. The van der Waals surface area contributed by atoms with E-state index < -0.39 is 5.54 Å². The summed E-state index contributed by atoms with van der Waals surface area (Å²) >= 11 is 0. The normalized spacial score (nSPS) is 19.3. The van der Waals surface area contributed by atoms with Crippen molar-refractivity contribution in [1.82, 2.24) is 5.32 Å². The van der Waals surface area contributed by atoms with Gasteiger partial charge in [0.2, 0.25) is 5.91 Å². The van der Waals surface area contributed by atoms with Crippen LogP contribution in [0.1, 0.15) is 56.7 Å². The summed E-state index contributed by atoms with van der Waals surface area (Å²) in [5.74, 6) is 0.435. The Balaban J connectivity index is 2.00. The highest BCUT2D eigenvalue weighted by atomic mass is 16.5. The van der Waals surface area contributed by atoms with Crippen molar-refractivity contribution in [2.45, 2.75) is 51.1 Å². The topological polar surface area (TPSA) is 64.4 Å². The van der Waals surface area contributed by atoms with Crippen LogP contribution in [-0.4, -0.2) is 24.7 Å². The summed E-state index contributed by atoms with van der Waals surface area (Å²) in [5.41, 5.74) is 7.82. The zero-order valence-electron chi connectivity index (χ0n) is 13.2. The molecule has 0 aliphatic carbocycles. The zero-order valence-corrected chi connectivity index (χ0v) is 13.2. The molecule has 4 nitrogen and oxygen atoms in total. The minimum Gasteiger partial charge on any atom is -0.381 e. The molecule has 3 N–H and O–H groups in total. The van der Waals surface area contributed by atoms with Crippen LogP contribution in [0.5, 0.6) is 0 Å². The summed E-state index contributed by atoms with van der Waals surface area (Å²) < 4.78 is 5.28. The first kappa shape index (κ1) is 16.0. The highest BCUT2D eigenvalue weighted by Gasteiger charge is 2.36. The van der Waals surface area contributed by atoms with Crippen LogP contribution in [0.4, 0.5) is 0 Å². The highest BCUT2D eigenvalue weighted by Crippen LogP contribution is 2.22. The molecule has 1 aromatic carbocycles. The Hall–Kier alpha value is -1.39. The SMILES string of the molecule is CC(C)c1ccc(C(C)NC(=O)C2(N)CCOCC2)cc1. The number of benzene rings is 1. The van der Waals surface area contributed by atoms with Gasteiger partial charge in [-0.2, -0.15) is 0 Å². The van der Waals surface area contributed by atoms with Gasteiger partial charge in [0.1, 0.15) is 0 Å². The Kier molecular flexibility index (Phi) is 5.01. The second-order valence-electron chi connectivity index (χ2n) is 6.29. The van der Waals surface area contributed by atoms with E-state index in [-0.39, 0.29) is 11.9 Å². The molecule has 0 radical (unpaired) electrons. The maximum atomic E-state index is 12.4. The second-order valence-corrected chi connectivity index (χ2v) is 6.29. The van der Waals surface area contributed by atoms with Gasteiger partial charge < -0.3 is 15.8 Å². The Morgan fingerprint density at radius 3 is 2.19 bits per heavy atom. The molecule has 1 aliphatic heterocycles. The Labute approximate surface area is 127 Å². The molecule has 1 heterocycles. The fourth-order valence-electron chi connectivity index (χ4n) is 2.56. The van der Waals surface area contributed by atoms with E-state index in [0.717, 1.165) is 5.56 Å². The van der Waals surface area contributed by atoms with Crippen molar-refractivity contribution in [2.75, 3.05) is 13.2 Å². The van der Waals surface area contributed by atoms with E-state index in [1.807, 2.05) is 6.92 Å². The highest BCUT2D eigenvalue weighted by molar-refractivity contribution is 5.86. The van der Waals surface area contributed by atoms with Gasteiger partial charge in [-0.1, -0.05) is 38.1 Å². The first-order valence-electron chi connectivity index (χ1n) is 7.70. The number of hydrogen-bond donors (Lipinski definition) is 2. The van der Waals surface area contributed by atoms with Gasteiger partial charge >= 0.3 is 0 Å². The number of carbonyl (C=O) groups is 1. The van der Waals surface area contributed by atoms with Crippen LogP contribution < -0.4 is 11.1 Å². The van der Waals surface area contributed by atoms with Crippen LogP contribution >= 0.6 is 0 Å². The number of hydrogen-bond acceptors (Lipinski definition) is 3. The molecule has 1 atom stereocenters. The van der Waals surface area contributed by atoms with Crippen LogP contribution in [0.2, 0.25) is 0 Å². The fourth-order valence-corrected chi connectivity index (χ4v) is 2.56. The van der Waals surface area contributed by atoms with E-state index in [2.05, 4.69) is 43.4 Å². The minimum atomic E-state index is -0.787. The lowest BCUT2D eigenvalue weighted by molar-refractivity contribution is -0.130. The van der Waals surface area contributed by atoms with Crippen LogP contribution in [0.25, 0.3) is 0 Å². The Bertz CT molecular complexity index is 476. The lowest BCUT2D eigenvalue weighted by Gasteiger charge is -2.33. The quantitative estimate of drug-likeness (QED) is 0.895. The molecule has 0 spiro atoms. The van der Waals surface area contributed by atoms with Crippen molar-refractivity contribution in [2.24, 2.45) is 5.73 Å². The van der Waals surface area contributed by atoms with Gasteiger partial charge in [0.05, 0.1) is 11.6 Å². The average molecular weight is 290 g/mol. The van der Waals surface area contributed by atoms with Crippen molar-refractivity contribution in [3.63, 3.8) is 0 Å². The predicted molar refractivity (Wildman–Crippen MR) is 84.1 cm³/mol. The molecule has 1 unspecified atom stereocenters. The first-order chi connectivity index (χ1) is 9.92. The van der Waals surface area contributed by atoms with Crippen molar-refractivity contribution in [3.05, 3.63) is 35.4 Å². The lowest BCUT2D eigenvalue weighted by atomic mass is 9.89. The molecule has 1 amide bonds. The molecule has 1 fully saturated rings. The van der Waals surface area contributed by atoms with Crippen LogP contribution in [0.15, 0.2) is 24.3 Å². The molecule has 1 saturated heterocycles. The number of ether oxygens (including phenoxy) is 1. The van der Waals surface area contributed by atoms with Crippen molar-refractivity contribution < 1.29 is 9.53 Å². The van der Waals surface area contributed by atoms with Gasteiger partial charge in [-0.05, 0) is 36.8 Å². The van der Waals surface area contributed by atoms with Gasteiger partial charge in [-0.25, -0.2) is 0 Å². The molecule has 2 rings (SSSR count). The van der Waals surface area contributed by atoms with Gasteiger partial charge in [0.25, 0.3) is 0 Å². The van der Waals surface area contributed by atoms with E-state index in [0.29, 0.717) is 32.0 Å². The summed E-state index contributed by atoms with van der Waals surface area (Å²) in [6, 6.07) is 8.35. The molecule has 1 aliphatic rings. The van der Waals surface area contributed by atoms with E-state index >= 15 is 0 Å². The summed E-state index contributed by atoms with van der Waals surface area (Å²) in [5, 5.41) is 3.04. The maximum Gasteiger partial charge on any atom is 0.240 e. The monoisotopic (exact) mass is 290 g/mol. The molecule has 4 heteroatoms. The number of rotatable bonds is 4. The van der Waals surface area contributed by atoms with Gasteiger partial charge in [-0.15, -0.1) is 0 Å². The summed E-state index contributed by atoms with van der Waals surface area (Å²) in [6.45, 7) is 7.45. The van der Waals surface area contributed by atoms with Crippen LogP contribution in [-0.2, 0) is 9.53 Å². The van der Waals surface area contributed by atoms with Crippen molar-refractivity contribution >= 4 is 5.91 Å². The number of nitrogens with one attached hydrogen (secondary N) is 1. The van der Waals surface area contributed by atoms with Crippen LogP contribution in [0.3, 0.4) is 0 Å². The smallest absolute Gasteiger partial charge is 0.240 e. The zero-order chi connectivity index (χ0) is 15.5. The fraction of sp³-hybridized carbons (Fsp3) is 0.588. The van der Waals surface area contributed by atoms with E-state index in [1.165, 1.54) is 5.56 Å². The first-order valence-corrected chi connectivity index (χ1v) is 7.70. The molecule has 0 aromatic heterocycles. The molecular formula is C17H26N2O2. The largest absolute Gasteiger partial charge is 0.381 e. The molecule has 116 valence electrons. The third kappa shape index (κ3) is 3.83. The average Bonchev–Trinajstić information content (AvgIpc) is 2.48. The third-order valence-electron chi connectivity index (χ3n) is 4.29. The van der Waals surface area contributed by atoms with E-state index in [9.17, 15) is 4.79 Å². The number of amides is 1. The van der Waals surface area contributed by atoms with Gasteiger partial charge in [0, 0.05) is 13.2 Å².